The van der Waals surface area contributed by atoms with E-state index < -0.39 is 35.2 Å². The maximum atomic E-state index is 14.3. The lowest BCUT2D eigenvalue weighted by molar-refractivity contribution is -0.133. The van der Waals surface area contributed by atoms with E-state index >= 15 is 0 Å². The molecule has 2 aromatic heterocycles. The predicted molar refractivity (Wildman–Crippen MR) is 113 cm³/mol. The lowest BCUT2D eigenvalue weighted by Crippen LogP contribution is -2.29. The van der Waals surface area contributed by atoms with Crippen molar-refractivity contribution in [3.8, 4) is 17.3 Å². The Balaban J connectivity index is 1.43. The van der Waals surface area contributed by atoms with Gasteiger partial charge in [-0.15, -0.1) is 0 Å². The molecule has 9 nitrogen and oxygen atoms in total. The van der Waals surface area contributed by atoms with Crippen molar-refractivity contribution in [2.45, 2.75) is 38.0 Å². The number of carbonyl (C=O) groups is 2. The van der Waals surface area contributed by atoms with E-state index in [4.69, 9.17) is 4.52 Å². The highest BCUT2D eigenvalue weighted by atomic mass is 19.2. The van der Waals surface area contributed by atoms with Gasteiger partial charge in [-0.3, -0.25) is 4.79 Å². The second kappa shape index (κ2) is 9.95. The lowest BCUT2D eigenvalue weighted by Gasteiger charge is -2.27. The number of nitrogens with one attached hydrogen (secondary N) is 1. The van der Waals surface area contributed by atoms with E-state index in [9.17, 15) is 33.0 Å². The van der Waals surface area contributed by atoms with Crippen LogP contribution in [0.1, 0.15) is 43.1 Å². The molecule has 1 aromatic carbocycles. The van der Waals surface area contributed by atoms with E-state index in [-0.39, 0.29) is 66.4 Å². The van der Waals surface area contributed by atoms with Crippen molar-refractivity contribution < 1.29 is 37.5 Å². The Hall–Kier alpha value is -4.22. The Kier molecular flexibility index (Phi) is 6.80. The van der Waals surface area contributed by atoms with Crippen molar-refractivity contribution in [1.29, 1.82) is 0 Å². The maximum absolute atomic E-state index is 14.3. The van der Waals surface area contributed by atoms with Gasteiger partial charge in [-0.2, -0.15) is 4.98 Å². The SMILES string of the molecule is O=C(CCc1nc(-c2ccc(O)cn2)no1)NC1=C(C(=O)O)CCC(c2cc(F)cc(F)c2F)C1. The van der Waals surface area contributed by atoms with Crippen molar-refractivity contribution in [2.24, 2.45) is 0 Å². The number of hydrogen-bond acceptors (Lipinski definition) is 7. The number of aromatic nitrogens is 3. The summed E-state index contributed by atoms with van der Waals surface area (Å²) >= 11 is 0. The normalized spacial score (nSPS) is 15.8. The monoisotopic (exact) mass is 488 g/mol. The zero-order valence-electron chi connectivity index (χ0n) is 18.1. The van der Waals surface area contributed by atoms with E-state index in [0.29, 0.717) is 11.8 Å². The number of carboxylic acids is 1. The summed E-state index contributed by atoms with van der Waals surface area (Å²) in [5.41, 5.74) is 0.153. The Bertz CT molecular complexity index is 1310. The van der Waals surface area contributed by atoms with Gasteiger partial charge in [-0.05, 0) is 48.9 Å². The Morgan fingerprint density at radius 3 is 2.71 bits per heavy atom. The number of amides is 1. The highest BCUT2D eigenvalue weighted by Crippen LogP contribution is 2.37. The largest absolute Gasteiger partial charge is 0.506 e. The van der Waals surface area contributed by atoms with Crippen molar-refractivity contribution in [1.82, 2.24) is 20.4 Å². The summed E-state index contributed by atoms with van der Waals surface area (Å²) in [7, 11) is 0. The van der Waals surface area contributed by atoms with Gasteiger partial charge in [0.25, 0.3) is 0 Å². The number of aryl methyl sites for hydroxylation is 1. The Morgan fingerprint density at radius 1 is 1.20 bits per heavy atom. The standard InChI is InChI=1S/C23H19F3N4O5/c24-12-8-15(21(26)16(25)9-12)11-1-3-14(23(33)34)18(7-11)28-19(32)5-6-20-29-22(30-35-20)17-4-2-13(31)10-27-17/h2,4,8-11,31H,1,3,5-7H2,(H,28,32)(H,33,34). The van der Waals surface area contributed by atoms with Crippen LogP contribution in [0.2, 0.25) is 0 Å². The highest BCUT2D eigenvalue weighted by molar-refractivity contribution is 5.89. The van der Waals surface area contributed by atoms with Crippen molar-refractivity contribution in [3.05, 3.63) is 70.6 Å². The molecule has 1 aliphatic rings. The number of halogens is 3. The highest BCUT2D eigenvalue weighted by Gasteiger charge is 2.30. The van der Waals surface area contributed by atoms with E-state index in [1.54, 1.807) is 0 Å². The van der Waals surface area contributed by atoms with Gasteiger partial charge in [-0.1, -0.05) is 5.16 Å². The van der Waals surface area contributed by atoms with Gasteiger partial charge in [0.05, 0.1) is 11.8 Å². The average molecular weight is 488 g/mol. The van der Waals surface area contributed by atoms with Crippen molar-refractivity contribution in [3.63, 3.8) is 0 Å². The van der Waals surface area contributed by atoms with Gasteiger partial charge in [-0.25, -0.2) is 22.9 Å². The average Bonchev–Trinajstić information content (AvgIpc) is 3.29. The molecule has 35 heavy (non-hydrogen) atoms. The van der Waals surface area contributed by atoms with Crippen LogP contribution in [0, 0.1) is 17.5 Å². The molecule has 182 valence electrons. The third kappa shape index (κ3) is 5.48. The molecule has 1 aliphatic carbocycles. The fraction of sp³-hybridized carbons (Fsp3) is 0.261. The van der Waals surface area contributed by atoms with Crippen LogP contribution in [-0.2, 0) is 16.0 Å². The number of benzene rings is 1. The third-order valence-electron chi connectivity index (χ3n) is 5.58. The predicted octanol–water partition coefficient (Wildman–Crippen LogP) is 3.61. The second-order valence-electron chi connectivity index (χ2n) is 7.95. The van der Waals surface area contributed by atoms with Crippen molar-refractivity contribution in [2.75, 3.05) is 0 Å². The zero-order chi connectivity index (χ0) is 25.1. The zero-order valence-corrected chi connectivity index (χ0v) is 18.1. The first-order chi connectivity index (χ1) is 16.7. The molecule has 0 radical (unpaired) electrons. The molecule has 0 saturated carbocycles. The summed E-state index contributed by atoms with van der Waals surface area (Å²) in [4.78, 5) is 32.3. The van der Waals surface area contributed by atoms with Crippen molar-refractivity contribution >= 4 is 11.9 Å². The fourth-order valence-electron chi connectivity index (χ4n) is 3.87. The lowest BCUT2D eigenvalue weighted by atomic mass is 9.82. The maximum Gasteiger partial charge on any atom is 0.333 e. The molecule has 3 aromatic rings. The minimum absolute atomic E-state index is 0.0141. The quantitative estimate of drug-likeness (QED) is 0.429. The Labute approximate surface area is 196 Å². The number of nitrogens with zero attached hydrogens (tertiary/aromatic N) is 3. The van der Waals surface area contributed by atoms with Gasteiger partial charge < -0.3 is 20.1 Å². The van der Waals surface area contributed by atoms with Gasteiger partial charge in [0, 0.05) is 24.6 Å². The number of carbonyl (C=O) groups excluding carboxylic acids is 1. The summed E-state index contributed by atoms with van der Waals surface area (Å²) in [6, 6.07) is 4.21. The summed E-state index contributed by atoms with van der Waals surface area (Å²) < 4.78 is 46.7. The minimum atomic E-state index is -1.33. The van der Waals surface area contributed by atoms with Gasteiger partial charge in [0.1, 0.15) is 17.3 Å². The van der Waals surface area contributed by atoms with Gasteiger partial charge in [0.15, 0.2) is 11.6 Å². The summed E-state index contributed by atoms with van der Waals surface area (Å²) in [6.45, 7) is 0. The number of aliphatic carboxylic acids is 1. The van der Waals surface area contributed by atoms with Crippen LogP contribution in [0.3, 0.4) is 0 Å². The summed E-state index contributed by atoms with van der Waals surface area (Å²) in [5.74, 6) is -5.71. The smallest absolute Gasteiger partial charge is 0.333 e. The first kappa shape index (κ1) is 23.9. The van der Waals surface area contributed by atoms with E-state index in [1.807, 2.05) is 0 Å². The number of pyridine rings is 1. The third-order valence-corrected chi connectivity index (χ3v) is 5.58. The van der Waals surface area contributed by atoms with Crippen LogP contribution >= 0.6 is 0 Å². The summed E-state index contributed by atoms with van der Waals surface area (Å²) in [6.07, 6.45) is 1.16. The molecule has 1 amide bonds. The molecular weight excluding hydrogens is 469 g/mol. The molecule has 0 spiro atoms. The van der Waals surface area contributed by atoms with Crippen LogP contribution in [0.5, 0.6) is 5.75 Å². The van der Waals surface area contributed by atoms with Gasteiger partial charge in [0.2, 0.25) is 17.6 Å². The first-order valence-electron chi connectivity index (χ1n) is 10.6. The molecule has 1 atom stereocenters. The number of aromatic hydroxyl groups is 1. The molecular formula is C23H19F3N4O5. The molecule has 0 aliphatic heterocycles. The number of carboxylic acid groups (broad SMARTS) is 1. The molecule has 3 N–H and O–H groups in total. The fourth-order valence-corrected chi connectivity index (χ4v) is 3.87. The van der Waals surface area contributed by atoms with E-state index in [2.05, 4.69) is 20.4 Å². The second-order valence-corrected chi connectivity index (χ2v) is 7.95. The van der Waals surface area contributed by atoms with Crippen LogP contribution < -0.4 is 5.32 Å². The molecule has 12 heteroatoms. The first-order valence-corrected chi connectivity index (χ1v) is 10.6. The number of hydrogen-bond donors (Lipinski definition) is 3. The molecule has 1 unspecified atom stereocenters. The van der Waals surface area contributed by atoms with E-state index in [1.165, 1.54) is 18.3 Å². The molecule has 0 saturated heterocycles. The van der Waals surface area contributed by atoms with Crippen LogP contribution in [-0.4, -0.2) is 37.2 Å². The Morgan fingerprint density at radius 2 is 2.00 bits per heavy atom. The summed E-state index contributed by atoms with van der Waals surface area (Å²) in [5, 5.41) is 25.1. The van der Waals surface area contributed by atoms with Crippen LogP contribution in [0.15, 0.2) is 46.3 Å². The van der Waals surface area contributed by atoms with Crippen LogP contribution in [0.25, 0.3) is 11.5 Å². The number of allylic oxidation sites excluding steroid dienone is 1. The minimum Gasteiger partial charge on any atom is -0.506 e. The molecule has 0 bridgehead atoms. The molecule has 4 rings (SSSR count). The number of rotatable bonds is 7. The molecule has 2 heterocycles. The topological polar surface area (TPSA) is 138 Å². The van der Waals surface area contributed by atoms with Gasteiger partial charge >= 0.3 is 5.97 Å². The molecule has 0 fully saturated rings. The van der Waals surface area contributed by atoms with E-state index in [0.717, 1.165) is 6.07 Å². The van der Waals surface area contributed by atoms with Crippen LogP contribution in [0.4, 0.5) is 13.2 Å².